The average Bonchev–Trinajstić information content (AvgIpc) is 2.17. The molecule has 1 unspecified atom stereocenters. The molecule has 0 aliphatic rings. The van der Waals surface area contributed by atoms with Crippen LogP contribution in [0, 0.1) is 5.82 Å². The zero-order valence-corrected chi connectivity index (χ0v) is 8.42. The highest BCUT2D eigenvalue weighted by molar-refractivity contribution is 9.09. The number of methoxy groups -OCH3 is 1. The van der Waals surface area contributed by atoms with Gasteiger partial charge in [-0.3, -0.25) is 9.78 Å². The van der Waals surface area contributed by atoms with Gasteiger partial charge in [-0.05, 0) is 12.1 Å². The van der Waals surface area contributed by atoms with Crippen LogP contribution in [0.2, 0.25) is 0 Å². The van der Waals surface area contributed by atoms with Gasteiger partial charge in [0.05, 0.1) is 19.0 Å². The van der Waals surface area contributed by atoms with E-state index in [2.05, 4.69) is 25.7 Å². The Balaban J connectivity index is 2.83. The van der Waals surface area contributed by atoms with Crippen molar-refractivity contribution in [3.8, 4) is 0 Å². The van der Waals surface area contributed by atoms with E-state index in [1.807, 2.05) is 0 Å². The molecular formula is C8H7BrFNO2. The molecule has 0 bridgehead atoms. The smallest absolute Gasteiger partial charge is 0.325 e. The Labute approximate surface area is 83.1 Å². The van der Waals surface area contributed by atoms with Gasteiger partial charge in [0.1, 0.15) is 5.82 Å². The lowest BCUT2D eigenvalue weighted by Crippen LogP contribution is -2.09. The molecule has 1 atom stereocenters. The summed E-state index contributed by atoms with van der Waals surface area (Å²) in [6, 6.07) is 2.66. The Morgan fingerprint density at radius 1 is 1.69 bits per heavy atom. The summed E-state index contributed by atoms with van der Waals surface area (Å²) in [5, 5.41) is 0. The summed E-state index contributed by atoms with van der Waals surface area (Å²) < 4.78 is 16.9. The minimum absolute atomic E-state index is 0.424. The molecule has 0 fully saturated rings. The van der Waals surface area contributed by atoms with E-state index >= 15 is 0 Å². The number of ether oxygens (including phenoxy) is 1. The summed E-state index contributed by atoms with van der Waals surface area (Å²) >= 11 is 3.08. The van der Waals surface area contributed by atoms with Gasteiger partial charge in [-0.1, -0.05) is 15.9 Å². The van der Waals surface area contributed by atoms with E-state index in [4.69, 9.17) is 0 Å². The highest BCUT2D eigenvalue weighted by Gasteiger charge is 2.18. The molecule has 1 aromatic rings. The van der Waals surface area contributed by atoms with Crippen molar-refractivity contribution in [3.63, 3.8) is 0 Å². The van der Waals surface area contributed by atoms with Gasteiger partial charge in [0.2, 0.25) is 0 Å². The summed E-state index contributed by atoms with van der Waals surface area (Å²) in [5.74, 6) is -0.896. The van der Waals surface area contributed by atoms with E-state index in [0.717, 1.165) is 6.20 Å². The van der Waals surface area contributed by atoms with E-state index in [0.29, 0.717) is 5.69 Å². The minimum atomic E-state index is -0.641. The number of esters is 1. The highest BCUT2D eigenvalue weighted by Crippen LogP contribution is 2.21. The average molecular weight is 248 g/mol. The number of aromatic nitrogens is 1. The molecule has 0 spiro atoms. The van der Waals surface area contributed by atoms with Crippen LogP contribution in [-0.2, 0) is 9.53 Å². The molecule has 1 aromatic heterocycles. The van der Waals surface area contributed by atoms with Crippen LogP contribution in [0.1, 0.15) is 10.5 Å². The van der Waals surface area contributed by atoms with Crippen LogP contribution < -0.4 is 0 Å². The van der Waals surface area contributed by atoms with Crippen molar-refractivity contribution >= 4 is 21.9 Å². The first-order valence-electron chi connectivity index (χ1n) is 3.48. The highest BCUT2D eigenvalue weighted by atomic mass is 79.9. The fourth-order valence-electron chi connectivity index (χ4n) is 0.761. The lowest BCUT2D eigenvalue weighted by Gasteiger charge is -2.05. The van der Waals surface area contributed by atoms with Crippen molar-refractivity contribution in [2.45, 2.75) is 4.83 Å². The topological polar surface area (TPSA) is 39.2 Å². The standard InChI is InChI=1S/C8H7BrFNO2/c1-13-8(12)7(9)6-3-2-5(10)4-11-6/h2-4,7H,1H3. The minimum Gasteiger partial charge on any atom is -0.468 e. The molecule has 1 heterocycles. The molecule has 0 saturated heterocycles. The first-order chi connectivity index (χ1) is 6.15. The number of carbonyl (C=O) groups is 1. The predicted molar refractivity (Wildman–Crippen MR) is 47.9 cm³/mol. The number of halogens is 2. The third kappa shape index (κ3) is 2.48. The molecule has 3 nitrogen and oxygen atoms in total. The first kappa shape index (κ1) is 10.1. The normalized spacial score (nSPS) is 12.2. The van der Waals surface area contributed by atoms with Crippen molar-refractivity contribution in [3.05, 3.63) is 29.8 Å². The lowest BCUT2D eigenvalue weighted by atomic mass is 10.3. The van der Waals surface area contributed by atoms with Crippen LogP contribution in [0.5, 0.6) is 0 Å². The summed E-state index contributed by atoms with van der Waals surface area (Å²) in [4.78, 5) is 14.1. The van der Waals surface area contributed by atoms with E-state index in [9.17, 15) is 9.18 Å². The maximum absolute atomic E-state index is 12.4. The van der Waals surface area contributed by atoms with Gasteiger partial charge in [0.25, 0.3) is 0 Å². The van der Waals surface area contributed by atoms with E-state index in [-0.39, 0.29) is 0 Å². The molecule has 0 radical (unpaired) electrons. The fraction of sp³-hybridized carbons (Fsp3) is 0.250. The van der Waals surface area contributed by atoms with Crippen molar-refractivity contribution in [2.75, 3.05) is 7.11 Å². The summed E-state index contributed by atoms with van der Waals surface area (Å²) in [5.41, 5.74) is 0.424. The Hall–Kier alpha value is -0.970. The molecule has 0 aliphatic carbocycles. The van der Waals surface area contributed by atoms with Gasteiger partial charge < -0.3 is 4.74 Å². The number of pyridine rings is 1. The summed E-state index contributed by atoms with van der Waals surface area (Å²) in [7, 11) is 1.28. The van der Waals surface area contributed by atoms with Crippen LogP contribution in [-0.4, -0.2) is 18.1 Å². The molecule has 0 saturated carbocycles. The van der Waals surface area contributed by atoms with Gasteiger partial charge in [-0.2, -0.15) is 0 Å². The van der Waals surface area contributed by atoms with Crippen molar-refractivity contribution in [2.24, 2.45) is 0 Å². The van der Waals surface area contributed by atoms with Crippen molar-refractivity contribution in [1.29, 1.82) is 0 Å². The quantitative estimate of drug-likeness (QED) is 0.592. The molecule has 0 N–H and O–H groups in total. The lowest BCUT2D eigenvalue weighted by molar-refractivity contribution is -0.139. The number of alkyl halides is 1. The number of nitrogens with zero attached hydrogens (tertiary/aromatic N) is 1. The fourth-order valence-corrected chi connectivity index (χ4v) is 1.22. The zero-order valence-electron chi connectivity index (χ0n) is 6.83. The number of hydrogen-bond donors (Lipinski definition) is 0. The van der Waals surface area contributed by atoms with Crippen LogP contribution >= 0.6 is 15.9 Å². The van der Waals surface area contributed by atoms with Crippen LogP contribution in [0.25, 0.3) is 0 Å². The van der Waals surface area contributed by atoms with E-state index in [1.165, 1.54) is 19.2 Å². The molecule has 70 valence electrons. The second-order valence-corrected chi connectivity index (χ2v) is 3.20. The summed E-state index contributed by atoms with van der Waals surface area (Å²) in [6.45, 7) is 0. The number of rotatable bonds is 2. The Bertz CT molecular complexity index is 302. The molecule has 1 rings (SSSR count). The van der Waals surface area contributed by atoms with E-state index in [1.54, 1.807) is 0 Å². The summed E-state index contributed by atoms with van der Waals surface area (Å²) in [6.07, 6.45) is 1.05. The third-order valence-corrected chi connectivity index (χ3v) is 2.26. The molecule has 0 amide bonds. The predicted octanol–water partition coefficient (Wildman–Crippen LogP) is 1.83. The Morgan fingerprint density at radius 3 is 2.85 bits per heavy atom. The third-order valence-electron chi connectivity index (χ3n) is 1.42. The van der Waals surface area contributed by atoms with Crippen LogP contribution in [0.3, 0.4) is 0 Å². The van der Waals surface area contributed by atoms with E-state index < -0.39 is 16.6 Å². The van der Waals surface area contributed by atoms with Gasteiger partial charge in [0, 0.05) is 0 Å². The Morgan fingerprint density at radius 2 is 2.38 bits per heavy atom. The Kier molecular flexibility index (Phi) is 3.36. The number of hydrogen-bond acceptors (Lipinski definition) is 3. The largest absolute Gasteiger partial charge is 0.468 e. The number of carbonyl (C=O) groups excluding carboxylic acids is 1. The second-order valence-electron chi connectivity index (χ2n) is 2.29. The molecular weight excluding hydrogens is 241 g/mol. The SMILES string of the molecule is COC(=O)C(Br)c1ccc(F)cn1. The maximum Gasteiger partial charge on any atom is 0.325 e. The van der Waals surface area contributed by atoms with Crippen LogP contribution in [0.4, 0.5) is 4.39 Å². The second kappa shape index (κ2) is 4.32. The van der Waals surface area contributed by atoms with Gasteiger partial charge in [-0.25, -0.2) is 4.39 Å². The van der Waals surface area contributed by atoms with Gasteiger partial charge in [-0.15, -0.1) is 0 Å². The van der Waals surface area contributed by atoms with Crippen molar-refractivity contribution < 1.29 is 13.9 Å². The molecule has 5 heteroatoms. The molecule has 0 aromatic carbocycles. The van der Waals surface area contributed by atoms with Crippen molar-refractivity contribution in [1.82, 2.24) is 4.98 Å². The van der Waals surface area contributed by atoms with Gasteiger partial charge >= 0.3 is 5.97 Å². The monoisotopic (exact) mass is 247 g/mol. The molecule has 13 heavy (non-hydrogen) atoms. The first-order valence-corrected chi connectivity index (χ1v) is 4.40. The zero-order chi connectivity index (χ0) is 9.84. The maximum atomic E-state index is 12.4. The van der Waals surface area contributed by atoms with Gasteiger partial charge in [0.15, 0.2) is 4.83 Å². The van der Waals surface area contributed by atoms with Crippen LogP contribution in [0.15, 0.2) is 18.3 Å². The molecule has 0 aliphatic heterocycles.